The predicted molar refractivity (Wildman–Crippen MR) is 73.2 cm³/mol. The first kappa shape index (κ1) is 13.8. The smallest absolute Gasteiger partial charge is 0.402 e. The quantitative estimate of drug-likeness (QED) is 0.816. The molecule has 1 unspecified atom stereocenters. The Morgan fingerprint density at radius 1 is 1.24 bits per heavy atom. The van der Waals surface area contributed by atoms with Gasteiger partial charge in [-0.15, -0.1) is 0 Å². The summed E-state index contributed by atoms with van der Waals surface area (Å²) in [6, 6.07) is 13.1. The summed E-state index contributed by atoms with van der Waals surface area (Å²) in [5, 5.41) is 18.7. The largest absolute Gasteiger partial charge is 0.637 e. The number of hydrogen-bond acceptors (Lipinski definition) is 4. The van der Waals surface area contributed by atoms with Gasteiger partial charge in [-0.2, -0.15) is 5.26 Å². The van der Waals surface area contributed by atoms with Gasteiger partial charge in [-0.05, 0) is 41.0 Å². The molecule has 3 rings (SSSR count). The second-order valence-electron chi connectivity index (χ2n) is 4.71. The lowest BCUT2D eigenvalue weighted by molar-refractivity contribution is 0.111. The molecular weight excluding hydrogens is 272 g/mol. The summed E-state index contributed by atoms with van der Waals surface area (Å²) in [5.41, 5.74) is 2.76. The van der Waals surface area contributed by atoms with Gasteiger partial charge in [-0.3, -0.25) is 0 Å². The molecule has 0 saturated carbocycles. The molecule has 0 amide bonds. The first-order chi connectivity index (χ1) is 10.2. The van der Waals surface area contributed by atoms with Gasteiger partial charge in [-0.1, -0.05) is 18.2 Å². The minimum absolute atomic E-state index is 0.143. The van der Waals surface area contributed by atoms with Crippen molar-refractivity contribution in [3.63, 3.8) is 0 Å². The van der Waals surface area contributed by atoms with Gasteiger partial charge >= 0.3 is 7.32 Å². The van der Waals surface area contributed by atoms with Crippen molar-refractivity contribution in [3.05, 3.63) is 70.5 Å². The van der Waals surface area contributed by atoms with Crippen LogP contribution in [0.5, 0.6) is 0 Å². The van der Waals surface area contributed by atoms with E-state index in [4.69, 9.17) is 14.6 Å². The van der Waals surface area contributed by atoms with Crippen LogP contribution >= 0.6 is 0 Å². The lowest BCUT2D eigenvalue weighted by atomic mass is 9.95. The topological polar surface area (TPSA) is 62.5 Å². The molecule has 1 atom stereocenters. The zero-order valence-corrected chi connectivity index (χ0v) is 11.0. The maximum atomic E-state index is 13.1. The number of rotatable bonds is 1. The Labute approximate surface area is 121 Å². The molecular formula is C15H11BFNO3. The lowest BCUT2D eigenvalue weighted by Crippen LogP contribution is -2.22. The van der Waals surface area contributed by atoms with Crippen molar-refractivity contribution in [1.29, 1.82) is 5.26 Å². The Balaban J connectivity index is 2.07. The molecule has 2 aromatic rings. The highest BCUT2D eigenvalue weighted by molar-refractivity contribution is 6.34. The van der Waals surface area contributed by atoms with E-state index in [-0.39, 0.29) is 12.4 Å². The highest BCUT2D eigenvalue weighted by atomic mass is 19.1. The third kappa shape index (κ3) is 2.81. The number of fused-ring (bicyclic) bond motifs is 1. The normalized spacial score (nSPS) is 17.8. The molecule has 0 spiro atoms. The van der Waals surface area contributed by atoms with Gasteiger partial charge in [0.05, 0.1) is 24.3 Å². The average Bonchev–Trinajstić information content (AvgIpc) is 2.67. The molecule has 2 aromatic carbocycles. The summed E-state index contributed by atoms with van der Waals surface area (Å²) in [6.07, 6.45) is -0.578. The number of hydrogen-bond donors (Lipinski definition) is 1. The van der Waals surface area contributed by atoms with Crippen LogP contribution in [0.2, 0.25) is 0 Å². The molecule has 1 N–H and O–H groups in total. The Morgan fingerprint density at radius 2 is 2.00 bits per heavy atom. The SMILES string of the molecule is N#Cc1ccc2c(c1)COB(O)OC2c1ccc(F)cc1. The van der Waals surface area contributed by atoms with E-state index in [1.807, 2.05) is 0 Å². The molecule has 0 saturated heterocycles. The molecule has 0 aliphatic carbocycles. The fourth-order valence-corrected chi connectivity index (χ4v) is 2.34. The maximum Gasteiger partial charge on any atom is 0.637 e. The van der Waals surface area contributed by atoms with E-state index in [1.165, 1.54) is 12.1 Å². The Kier molecular flexibility index (Phi) is 3.71. The molecule has 6 heteroatoms. The molecule has 0 fully saturated rings. The Bertz CT molecular complexity index is 699. The van der Waals surface area contributed by atoms with Crippen molar-refractivity contribution >= 4 is 7.32 Å². The highest BCUT2D eigenvalue weighted by Crippen LogP contribution is 2.32. The molecule has 0 radical (unpaired) electrons. The predicted octanol–water partition coefficient (Wildman–Crippen LogP) is 2.31. The van der Waals surface area contributed by atoms with Crippen LogP contribution in [0, 0.1) is 17.1 Å². The molecule has 1 aliphatic rings. The third-order valence-electron chi connectivity index (χ3n) is 3.36. The lowest BCUT2D eigenvalue weighted by Gasteiger charge is -2.18. The van der Waals surface area contributed by atoms with Gasteiger partial charge in [0, 0.05) is 0 Å². The Morgan fingerprint density at radius 3 is 2.71 bits per heavy atom. The van der Waals surface area contributed by atoms with Gasteiger partial charge in [-0.25, -0.2) is 4.39 Å². The summed E-state index contributed by atoms with van der Waals surface area (Å²) in [4.78, 5) is 0. The number of nitriles is 1. The van der Waals surface area contributed by atoms with Gasteiger partial charge in [0.15, 0.2) is 0 Å². The van der Waals surface area contributed by atoms with Crippen LogP contribution in [0.1, 0.15) is 28.4 Å². The zero-order chi connectivity index (χ0) is 14.8. The molecule has 0 aromatic heterocycles. The summed E-state index contributed by atoms with van der Waals surface area (Å²) in [5.74, 6) is -0.343. The summed E-state index contributed by atoms with van der Waals surface area (Å²) >= 11 is 0. The van der Waals surface area contributed by atoms with Crippen LogP contribution in [0.15, 0.2) is 42.5 Å². The van der Waals surface area contributed by atoms with Gasteiger partial charge < -0.3 is 14.3 Å². The monoisotopic (exact) mass is 283 g/mol. The van der Waals surface area contributed by atoms with Crippen LogP contribution in [0.3, 0.4) is 0 Å². The van der Waals surface area contributed by atoms with Crippen LogP contribution in [-0.2, 0) is 15.9 Å². The van der Waals surface area contributed by atoms with Crippen LogP contribution in [0.25, 0.3) is 0 Å². The van der Waals surface area contributed by atoms with E-state index in [2.05, 4.69) is 6.07 Å². The van der Waals surface area contributed by atoms with Crippen LogP contribution < -0.4 is 0 Å². The molecule has 1 heterocycles. The van der Waals surface area contributed by atoms with E-state index in [0.29, 0.717) is 11.1 Å². The molecule has 0 bridgehead atoms. The fraction of sp³-hybridized carbons (Fsp3) is 0.133. The Hall–Kier alpha value is -2.20. The number of benzene rings is 2. The van der Waals surface area contributed by atoms with E-state index >= 15 is 0 Å². The van der Waals surface area contributed by atoms with E-state index < -0.39 is 13.4 Å². The first-order valence-electron chi connectivity index (χ1n) is 6.41. The molecule has 104 valence electrons. The average molecular weight is 283 g/mol. The summed E-state index contributed by atoms with van der Waals surface area (Å²) < 4.78 is 23.7. The first-order valence-corrected chi connectivity index (χ1v) is 6.41. The molecule has 21 heavy (non-hydrogen) atoms. The zero-order valence-electron chi connectivity index (χ0n) is 11.0. The second-order valence-corrected chi connectivity index (χ2v) is 4.71. The van der Waals surface area contributed by atoms with Crippen LogP contribution in [-0.4, -0.2) is 12.3 Å². The van der Waals surface area contributed by atoms with E-state index in [1.54, 1.807) is 30.3 Å². The van der Waals surface area contributed by atoms with E-state index in [9.17, 15) is 9.41 Å². The van der Waals surface area contributed by atoms with Gasteiger partial charge in [0.2, 0.25) is 0 Å². The second kappa shape index (κ2) is 5.66. The van der Waals surface area contributed by atoms with Crippen molar-refractivity contribution < 1.29 is 18.7 Å². The van der Waals surface area contributed by atoms with E-state index in [0.717, 1.165) is 11.1 Å². The number of nitrogens with zero attached hydrogens (tertiary/aromatic N) is 1. The standard InChI is InChI=1S/C15H11BFNO3/c17-13-4-2-11(3-5-13)15-14-6-1-10(8-18)7-12(14)9-20-16(19)21-15/h1-7,15,19H,9H2. The van der Waals surface area contributed by atoms with Crippen molar-refractivity contribution in [3.8, 4) is 6.07 Å². The highest BCUT2D eigenvalue weighted by Gasteiger charge is 2.30. The minimum atomic E-state index is -1.38. The molecule has 1 aliphatic heterocycles. The third-order valence-corrected chi connectivity index (χ3v) is 3.36. The van der Waals surface area contributed by atoms with Gasteiger partial charge in [0.25, 0.3) is 0 Å². The fourth-order valence-electron chi connectivity index (χ4n) is 2.34. The van der Waals surface area contributed by atoms with Crippen molar-refractivity contribution in [2.45, 2.75) is 12.7 Å². The minimum Gasteiger partial charge on any atom is -0.402 e. The van der Waals surface area contributed by atoms with Crippen molar-refractivity contribution in [2.75, 3.05) is 0 Å². The number of halogens is 1. The maximum absolute atomic E-state index is 13.1. The molecule has 4 nitrogen and oxygen atoms in total. The van der Waals surface area contributed by atoms with Crippen LogP contribution in [0.4, 0.5) is 4.39 Å². The van der Waals surface area contributed by atoms with Crippen molar-refractivity contribution in [2.24, 2.45) is 0 Å². The summed E-state index contributed by atoms with van der Waals surface area (Å²) in [6.45, 7) is 0.143. The summed E-state index contributed by atoms with van der Waals surface area (Å²) in [7, 11) is -1.38. The van der Waals surface area contributed by atoms with Crippen molar-refractivity contribution in [1.82, 2.24) is 0 Å². The van der Waals surface area contributed by atoms with Gasteiger partial charge in [0.1, 0.15) is 5.82 Å².